The molecule has 0 saturated heterocycles. The molecule has 3 aromatic heterocycles. The number of aryl methyl sites for hydroxylation is 2. The van der Waals surface area contributed by atoms with Crippen molar-refractivity contribution in [3.05, 3.63) is 59.6 Å². The number of nitrogens with zero attached hydrogens (tertiary/aromatic N) is 7. The second-order valence-corrected chi connectivity index (χ2v) is 10.2. The number of thioether (sulfide) groups is 1. The second kappa shape index (κ2) is 9.97. The monoisotopic (exact) mass is 500 g/mol. The van der Waals surface area contributed by atoms with E-state index >= 15 is 0 Å². The normalized spacial score (nSPS) is 16.0. The molecule has 5 rings (SSSR count). The molecule has 4 heterocycles. The lowest BCUT2D eigenvalue weighted by Crippen LogP contribution is -2.42. The highest BCUT2D eigenvalue weighted by molar-refractivity contribution is 7.98. The van der Waals surface area contributed by atoms with E-state index in [0.29, 0.717) is 18.3 Å². The Balaban J connectivity index is 1.55. The van der Waals surface area contributed by atoms with Crippen molar-refractivity contribution in [1.29, 1.82) is 0 Å². The Bertz CT molecular complexity index is 1330. The van der Waals surface area contributed by atoms with E-state index < -0.39 is 0 Å². The standard InChI is InChI=1S/C27H32N8S/c1-7-15(2)35-18(5)25(29-13-19-8-11-21(36-6)28-12-19)33-23-17(4)32-26(34-27(23)35)22-16(3)30-14-31-24(22)20-9-10-20/h8,11-12,14-15,20H,5,7,9-10,13H2,1-4,6H3,(H,29,33)/t15-/m1/s1. The van der Waals surface area contributed by atoms with Gasteiger partial charge in [-0.2, -0.15) is 0 Å². The highest BCUT2D eigenvalue weighted by atomic mass is 32.2. The summed E-state index contributed by atoms with van der Waals surface area (Å²) in [7, 11) is 0. The Morgan fingerprint density at radius 2 is 1.94 bits per heavy atom. The van der Waals surface area contributed by atoms with Crippen LogP contribution in [0.1, 0.15) is 61.7 Å². The zero-order valence-corrected chi connectivity index (χ0v) is 22.4. The molecular formula is C27H32N8S. The summed E-state index contributed by atoms with van der Waals surface area (Å²) in [5, 5.41) is 4.48. The first-order chi connectivity index (χ1) is 17.4. The van der Waals surface area contributed by atoms with Crippen molar-refractivity contribution in [3.8, 4) is 11.4 Å². The summed E-state index contributed by atoms with van der Waals surface area (Å²) in [4.78, 5) is 30.7. The minimum atomic E-state index is 0.184. The van der Waals surface area contributed by atoms with E-state index in [2.05, 4.69) is 51.7 Å². The average Bonchev–Trinajstić information content (AvgIpc) is 3.73. The molecule has 8 nitrogen and oxygen atoms in total. The third-order valence-electron chi connectivity index (χ3n) is 6.81. The first-order valence-corrected chi connectivity index (χ1v) is 13.6. The Hall–Kier alpha value is -3.33. The van der Waals surface area contributed by atoms with Gasteiger partial charge in [-0.05, 0) is 57.9 Å². The van der Waals surface area contributed by atoms with Crippen LogP contribution in [-0.2, 0) is 6.54 Å². The van der Waals surface area contributed by atoms with Crippen LogP contribution in [0.25, 0.3) is 11.4 Å². The first kappa shape index (κ1) is 24.4. The quantitative estimate of drug-likeness (QED) is 0.425. The molecule has 0 bridgehead atoms. The maximum atomic E-state index is 5.08. The van der Waals surface area contributed by atoms with Gasteiger partial charge in [0, 0.05) is 24.7 Å². The fourth-order valence-electron chi connectivity index (χ4n) is 4.44. The predicted octanol–water partition coefficient (Wildman–Crippen LogP) is 5.50. The Kier molecular flexibility index (Phi) is 6.75. The number of anilines is 1. The molecule has 0 radical (unpaired) electrons. The molecule has 1 fully saturated rings. The third kappa shape index (κ3) is 4.59. The molecule has 0 spiro atoms. The molecule has 1 aliphatic heterocycles. The van der Waals surface area contributed by atoms with E-state index in [-0.39, 0.29) is 6.04 Å². The largest absolute Gasteiger partial charge is 0.364 e. The molecule has 1 N–H and O–H groups in total. The zero-order chi connectivity index (χ0) is 25.4. The van der Waals surface area contributed by atoms with Crippen molar-refractivity contribution >= 4 is 29.1 Å². The number of rotatable bonds is 7. The van der Waals surface area contributed by atoms with E-state index in [1.807, 2.05) is 32.4 Å². The fraction of sp³-hybridized carbons (Fsp3) is 0.407. The van der Waals surface area contributed by atoms with Crippen molar-refractivity contribution in [1.82, 2.24) is 30.2 Å². The number of aromatic nitrogens is 5. The lowest BCUT2D eigenvalue weighted by Gasteiger charge is -2.36. The number of amidine groups is 1. The average molecular weight is 501 g/mol. The Morgan fingerprint density at radius 3 is 2.61 bits per heavy atom. The van der Waals surface area contributed by atoms with Crippen LogP contribution in [0.3, 0.4) is 0 Å². The smallest absolute Gasteiger partial charge is 0.165 e. The maximum absolute atomic E-state index is 5.08. The lowest BCUT2D eigenvalue weighted by atomic mass is 10.1. The van der Waals surface area contributed by atoms with E-state index in [0.717, 1.165) is 75.5 Å². The molecule has 9 heteroatoms. The minimum absolute atomic E-state index is 0.184. The van der Waals surface area contributed by atoms with Crippen LogP contribution in [0.5, 0.6) is 0 Å². The van der Waals surface area contributed by atoms with E-state index in [1.54, 1.807) is 18.1 Å². The van der Waals surface area contributed by atoms with Gasteiger partial charge >= 0.3 is 0 Å². The topological polar surface area (TPSA) is 92.1 Å². The molecule has 36 heavy (non-hydrogen) atoms. The van der Waals surface area contributed by atoms with E-state index in [4.69, 9.17) is 15.0 Å². The lowest BCUT2D eigenvalue weighted by molar-refractivity contribution is 0.662. The molecule has 1 atom stereocenters. The van der Waals surface area contributed by atoms with E-state index in [1.165, 1.54) is 0 Å². The van der Waals surface area contributed by atoms with Crippen LogP contribution in [0.15, 0.2) is 47.0 Å². The van der Waals surface area contributed by atoms with Crippen LogP contribution in [0.2, 0.25) is 0 Å². The van der Waals surface area contributed by atoms with Gasteiger partial charge in [0.05, 0.1) is 33.4 Å². The van der Waals surface area contributed by atoms with Crippen LogP contribution in [-0.4, -0.2) is 43.1 Å². The predicted molar refractivity (Wildman–Crippen MR) is 146 cm³/mol. The molecule has 3 aromatic rings. The summed E-state index contributed by atoms with van der Waals surface area (Å²) in [6.45, 7) is 13.4. The highest BCUT2D eigenvalue weighted by Crippen LogP contribution is 2.45. The van der Waals surface area contributed by atoms with Crippen molar-refractivity contribution in [2.24, 2.45) is 4.99 Å². The van der Waals surface area contributed by atoms with Crippen molar-refractivity contribution in [3.63, 3.8) is 0 Å². The molecule has 186 valence electrons. The number of aliphatic imine (C=N–C) groups is 1. The summed E-state index contributed by atoms with van der Waals surface area (Å²) in [6, 6.07) is 4.30. The summed E-state index contributed by atoms with van der Waals surface area (Å²) in [5.74, 6) is 2.65. The maximum Gasteiger partial charge on any atom is 0.165 e. The van der Waals surface area contributed by atoms with Crippen molar-refractivity contribution < 1.29 is 0 Å². The van der Waals surface area contributed by atoms with Gasteiger partial charge in [0.25, 0.3) is 0 Å². The fourth-order valence-corrected chi connectivity index (χ4v) is 4.80. The number of hydrogen-bond acceptors (Lipinski definition) is 9. The van der Waals surface area contributed by atoms with Gasteiger partial charge in [-0.15, -0.1) is 11.8 Å². The van der Waals surface area contributed by atoms with Gasteiger partial charge in [0.15, 0.2) is 17.5 Å². The summed E-state index contributed by atoms with van der Waals surface area (Å²) in [6.07, 6.45) is 8.81. The molecule has 1 aliphatic carbocycles. The third-order valence-corrected chi connectivity index (χ3v) is 7.47. The van der Waals surface area contributed by atoms with Crippen LogP contribution >= 0.6 is 11.8 Å². The van der Waals surface area contributed by atoms with Gasteiger partial charge in [-0.1, -0.05) is 19.6 Å². The Morgan fingerprint density at radius 1 is 1.14 bits per heavy atom. The van der Waals surface area contributed by atoms with Crippen molar-refractivity contribution in [2.75, 3.05) is 11.2 Å². The zero-order valence-electron chi connectivity index (χ0n) is 21.5. The molecule has 0 unspecified atom stereocenters. The summed E-state index contributed by atoms with van der Waals surface area (Å²) in [5.41, 5.74) is 6.40. The van der Waals surface area contributed by atoms with Crippen molar-refractivity contribution in [2.45, 2.75) is 70.5 Å². The van der Waals surface area contributed by atoms with E-state index in [9.17, 15) is 0 Å². The highest BCUT2D eigenvalue weighted by Gasteiger charge is 2.33. The number of fused-ring (bicyclic) bond motifs is 1. The molecule has 0 amide bonds. The van der Waals surface area contributed by atoms with Gasteiger partial charge in [-0.25, -0.2) is 29.9 Å². The second-order valence-electron chi connectivity index (χ2n) is 9.40. The van der Waals surface area contributed by atoms with Crippen LogP contribution < -0.4 is 10.2 Å². The first-order valence-electron chi connectivity index (χ1n) is 12.4. The van der Waals surface area contributed by atoms with Crippen LogP contribution in [0, 0.1) is 13.8 Å². The van der Waals surface area contributed by atoms with Gasteiger partial charge in [-0.3, -0.25) is 0 Å². The number of nitrogens with one attached hydrogen (secondary N) is 1. The molecule has 1 saturated carbocycles. The van der Waals surface area contributed by atoms with Gasteiger partial charge < -0.3 is 10.2 Å². The number of hydrogen-bond donors (Lipinski definition) is 1. The van der Waals surface area contributed by atoms with Gasteiger partial charge in [0.2, 0.25) is 0 Å². The number of pyridine rings is 1. The molecular weight excluding hydrogens is 468 g/mol. The SMILES string of the molecule is C=C1C(NCc2ccc(SC)nc2)=Nc2c(C)nc(-c3c(C)ncnc3C3CC3)nc2N1[C@H](C)CC. The Labute approximate surface area is 216 Å². The summed E-state index contributed by atoms with van der Waals surface area (Å²) < 4.78 is 0. The summed E-state index contributed by atoms with van der Waals surface area (Å²) >= 11 is 1.63. The molecule has 0 aromatic carbocycles. The minimum Gasteiger partial charge on any atom is -0.364 e. The van der Waals surface area contributed by atoms with Crippen LogP contribution in [0.4, 0.5) is 11.5 Å². The van der Waals surface area contributed by atoms with Gasteiger partial charge in [0.1, 0.15) is 12.0 Å². The molecule has 2 aliphatic rings.